The average molecular weight is 600 g/mol. The van der Waals surface area contributed by atoms with E-state index in [-0.39, 0.29) is 17.4 Å². The number of aromatic nitrogens is 3. The zero-order chi connectivity index (χ0) is 30.5. The highest BCUT2D eigenvalue weighted by Gasteiger charge is 2.22. The third-order valence-electron chi connectivity index (χ3n) is 7.50. The fourth-order valence-electron chi connectivity index (χ4n) is 5.08. The Bertz CT molecular complexity index is 1370. The monoisotopic (exact) mass is 599 g/mol. The maximum Gasteiger partial charge on any atom is 0.407 e. The summed E-state index contributed by atoms with van der Waals surface area (Å²) >= 11 is 0. The van der Waals surface area contributed by atoms with Gasteiger partial charge in [-0.15, -0.1) is 0 Å². The van der Waals surface area contributed by atoms with Crippen LogP contribution in [0, 0.1) is 12.8 Å². The number of ether oxygens (including phenoxy) is 1. The molecule has 9 nitrogen and oxygen atoms in total. The Labute approximate surface area is 251 Å². The summed E-state index contributed by atoms with van der Waals surface area (Å²) in [6.07, 6.45) is 11.9. The van der Waals surface area contributed by atoms with Crippen LogP contribution < -0.4 is 10.0 Å². The standard InChI is InChI=1S/C32H49N5O4S/c1-6-7-8-9-10-11-12-13-19-34-32(38)41-23-27(21-24(2)3)36-42(39,40)28-16-14-26(15-17-28)22-29-31-30(18-20-33-29)37(5)25(4)35-31/h14-18,20,24,27,36H,6-13,19,21-23H2,1-5H3,(H,34,38)/t27-/m0/s1. The van der Waals surface area contributed by atoms with E-state index in [1.807, 2.05) is 38.5 Å². The molecule has 3 aromatic rings. The fraction of sp³-hybridized carbons (Fsp3) is 0.594. The number of carbonyl (C=O) groups is 1. The number of alkyl carbamates (subject to hydrolysis) is 1. The lowest BCUT2D eigenvalue weighted by atomic mass is 10.1. The number of fused-ring (bicyclic) bond motifs is 1. The number of nitrogens with one attached hydrogen (secondary N) is 2. The fourth-order valence-corrected chi connectivity index (χ4v) is 6.32. The first-order chi connectivity index (χ1) is 20.1. The van der Waals surface area contributed by atoms with Crippen LogP contribution in [0.5, 0.6) is 0 Å². The van der Waals surface area contributed by atoms with Gasteiger partial charge in [-0.1, -0.05) is 77.8 Å². The van der Waals surface area contributed by atoms with Crippen molar-refractivity contribution < 1.29 is 17.9 Å². The van der Waals surface area contributed by atoms with Gasteiger partial charge in [0.2, 0.25) is 10.0 Å². The number of imidazole rings is 1. The lowest BCUT2D eigenvalue weighted by molar-refractivity contribution is 0.133. The van der Waals surface area contributed by atoms with Crippen LogP contribution in [-0.4, -0.2) is 48.2 Å². The van der Waals surface area contributed by atoms with Crippen LogP contribution in [0.3, 0.4) is 0 Å². The second kappa shape index (κ2) is 16.6. The lowest BCUT2D eigenvalue weighted by Gasteiger charge is -2.21. The molecule has 0 aliphatic carbocycles. The van der Waals surface area contributed by atoms with Crippen molar-refractivity contribution in [2.45, 2.75) is 103 Å². The minimum Gasteiger partial charge on any atom is -0.448 e. The molecule has 1 atom stereocenters. The van der Waals surface area contributed by atoms with E-state index in [9.17, 15) is 13.2 Å². The third kappa shape index (κ3) is 10.4. The summed E-state index contributed by atoms with van der Waals surface area (Å²) in [5.41, 5.74) is 3.66. The number of pyridine rings is 1. The molecule has 0 saturated heterocycles. The molecule has 0 fully saturated rings. The molecule has 2 heterocycles. The molecule has 3 rings (SSSR count). The number of benzene rings is 1. The molecule has 0 aliphatic heterocycles. The van der Waals surface area contributed by atoms with Gasteiger partial charge in [-0.05, 0) is 49.4 Å². The molecule has 0 spiro atoms. The molecular weight excluding hydrogens is 550 g/mol. The molecule has 42 heavy (non-hydrogen) atoms. The van der Waals surface area contributed by atoms with Gasteiger partial charge in [0, 0.05) is 26.2 Å². The minimum absolute atomic E-state index is 0.0298. The molecule has 0 bridgehead atoms. The quantitative estimate of drug-likeness (QED) is 0.163. The molecule has 0 unspecified atom stereocenters. The summed E-state index contributed by atoms with van der Waals surface area (Å²) in [6, 6.07) is 8.22. The molecule has 1 aromatic carbocycles. The number of hydrogen-bond donors (Lipinski definition) is 2. The Hall–Kier alpha value is -2.98. The Morgan fingerprint density at radius 2 is 1.67 bits per heavy atom. The zero-order valence-corrected chi connectivity index (χ0v) is 26.8. The summed E-state index contributed by atoms with van der Waals surface area (Å²) in [5, 5.41) is 2.79. The van der Waals surface area contributed by atoms with Gasteiger partial charge in [-0.2, -0.15) is 0 Å². The van der Waals surface area contributed by atoms with Crippen molar-refractivity contribution >= 4 is 27.1 Å². The number of rotatable bonds is 18. The van der Waals surface area contributed by atoms with Crippen LogP contribution in [0.4, 0.5) is 4.79 Å². The summed E-state index contributed by atoms with van der Waals surface area (Å²) in [5.74, 6) is 1.13. The van der Waals surface area contributed by atoms with E-state index in [2.05, 4.69) is 26.9 Å². The van der Waals surface area contributed by atoms with Crippen LogP contribution in [0.1, 0.15) is 95.6 Å². The van der Waals surface area contributed by atoms with Crippen LogP contribution in [-0.2, 0) is 28.2 Å². The molecule has 0 radical (unpaired) electrons. The molecular formula is C32H49N5O4S. The van der Waals surface area contributed by atoms with Gasteiger partial charge in [0.05, 0.1) is 22.1 Å². The number of amides is 1. The molecule has 10 heteroatoms. The van der Waals surface area contributed by atoms with Crippen molar-refractivity contribution in [2.24, 2.45) is 13.0 Å². The third-order valence-corrected chi connectivity index (χ3v) is 9.03. The maximum absolute atomic E-state index is 13.2. The van der Waals surface area contributed by atoms with E-state index >= 15 is 0 Å². The van der Waals surface area contributed by atoms with E-state index in [0.717, 1.165) is 41.0 Å². The molecule has 2 aromatic heterocycles. The minimum atomic E-state index is -3.81. The second-order valence-corrected chi connectivity index (χ2v) is 13.3. The summed E-state index contributed by atoms with van der Waals surface area (Å²) in [7, 11) is -1.83. The van der Waals surface area contributed by atoms with Gasteiger partial charge in [0.1, 0.15) is 17.9 Å². The van der Waals surface area contributed by atoms with Gasteiger partial charge in [0.25, 0.3) is 0 Å². The van der Waals surface area contributed by atoms with Crippen molar-refractivity contribution in [3.05, 3.63) is 53.6 Å². The largest absolute Gasteiger partial charge is 0.448 e. The zero-order valence-electron chi connectivity index (χ0n) is 26.0. The smallest absolute Gasteiger partial charge is 0.407 e. The Balaban J connectivity index is 1.50. The van der Waals surface area contributed by atoms with Crippen molar-refractivity contribution in [3.8, 4) is 0 Å². The van der Waals surface area contributed by atoms with Crippen molar-refractivity contribution in [1.29, 1.82) is 0 Å². The summed E-state index contributed by atoms with van der Waals surface area (Å²) in [4.78, 5) is 21.6. The first kappa shape index (κ1) is 33.5. The van der Waals surface area contributed by atoms with E-state index in [1.165, 1.54) is 38.5 Å². The Morgan fingerprint density at radius 3 is 2.33 bits per heavy atom. The molecule has 2 N–H and O–H groups in total. The molecule has 232 valence electrons. The highest BCUT2D eigenvalue weighted by Crippen LogP contribution is 2.21. The Kier molecular flexibility index (Phi) is 13.3. The normalized spacial score (nSPS) is 12.6. The van der Waals surface area contributed by atoms with Gasteiger partial charge < -0.3 is 14.6 Å². The molecule has 0 aliphatic rings. The first-order valence-electron chi connectivity index (χ1n) is 15.4. The topological polar surface area (TPSA) is 115 Å². The van der Waals surface area contributed by atoms with Crippen LogP contribution in [0.2, 0.25) is 0 Å². The van der Waals surface area contributed by atoms with E-state index in [0.29, 0.717) is 19.4 Å². The summed E-state index contributed by atoms with van der Waals surface area (Å²) in [6.45, 7) is 8.72. The Morgan fingerprint density at radius 1 is 1.00 bits per heavy atom. The van der Waals surface area contributed by atoms with Crippen LogP contribution >= 0.6 is 0 Å². The SMILES string of the molecule is CCCCCCCCCCNC(=O)OC[C@H](CC(C)C)NS(=O)(=O)c1ccc(Cc2nccc3c2nc(C)n3C)cc1. The highest BCUT2D eigenvalue weighted by molar-refractivity contribution is 7.89. The number of hydrogen-bond acceptors (Lipinski definition) is 6. The number of carbonyl (C=O) groups excluding carboxylic acids is 1. The van der Waals surface area contributed by atoms with E-state index in [1.54, 1.807) is 30.5 Å². The van der Waals surface area contributed by atoms with Crippen molar-refractivity contribution in [1.82, 2.24) is 24.6 Å². The number of sulfonamides is 1. The molecule has 1 amide bonds. The van der Waals surface area contributed by atoms with Crippen LogP contribution in [0.25, 0.3) is 11.0 Å². The van der Waals surface area contributed by atoms with Crippen LogP contribution in [0.15, 0.2) is 41.4 Å². The van der Waals surface area contributed by atoms with E-state index in [4.69, 9.17) is 4.74 Å². The number of nitrogens with zero attached hydrogens (tertiary/aromatic N) is 3. The lowest BCUT2D eigenvalue weighted by Crippen LogP contribution is -2.40. The predicted molar refractivity (Wildman–Crippen MR) is 168 cm³/mol. The van der Waals surface area contributed by atoms with Gasteiger partial charge in [0.15, 0.2) is 0 Å². The van der Waals surface area contributed by atoms with Gasteiger partial charge in [-0.3, -0.25) is 4.98 Å². The van der Waals surface area contributed by atoms with Gasteiger partial charge >= 0.3 is 6.09 Å². The number of unbranched alkanes of at least 4 members (excludes halogenated alkanes) is 7. The highest BCUT2D eigenvalue weighted by atomic mass is 32.2. The predicted octanol–water partition coefficient (Wildman–Crippen LogP) is 6.43. The average Bonchev–Trinajstić information content (AvgIpc) is 3.24. The number of aryl methyl sites for hydroxylation is 2. The maximum atomic E-state index is 13.2. The first-order valence-corrected chi connectivity index (χ1v) is 16.9. The summed E-state index contributed by atoms with van der Waals surface area (Å²) < 4.78 is 36.6. The van der Waals surface area contributed by atoms with Crippen molar-refractivity contribution in [3.63, 3.8) is 0 Å². The second-order valence-electron chi connectivity index (χ2n) is 11.6. The molecule has 0 saturated carbocycles. The van der Waals surface area contributed by atoms with Gasteiger partial charge in [-0.25, -0.2) is 22.9 Å². The van der Waals surface area contributed by atoms with Crippen molar-refractivity contribution in [2.75, 3.05) is 13.2 Å². The van der Waals surface area contributed by atoms with E-state index < -0.39 is 22.2 Å².